The monoisotopic (exact) mass is 373 g/mol. The summed E-state index contributed by atoms with van der Waals surface area (Å²) in [6, 6.07) is 14.5. The highest BCUT2D eigenvalue weighted by atomic mass is 32.2. The van der Waals surface area contributed by atoms with E-state index in [1.165, 1.54) is 32.3 Å². The lowest BCUT2D eigenvalue weighted by Crippen LogP contribution is -2.30. The van der Waals surface area contributed by atoms with Crippen LogP contribution in [0.3, 0.4) is 0 Å². The molecule has 0 aliphatic rings. The molecule has 136 valence electrons. The number of nitriles is 1. The SMILES string of the molecule is CC(Oc1cccc(C#N)c1)C(=O)Nc1cccc(S(=O)(=O)N(C)C)c1. The third-order valence-corrected chi connectivity index (χ3v) is 5.34. The Labute approximate surface area is 152 Å². The smallest absolute Gasteiger partial charge is 0.265 e. The lowest BCUT2D eigenvalue weighted by Gasteiger charge is -2.16. The van der Waals surface area contributed by atoms with Gasteiger partial charge in [-0.05, 0) is 43.3 Å². The molecule has 0 fully saturated rings. The van der Waals surface area contributed by atoms with Gasteiger partial charge in [0.25, 0.3) is 5.91 Å². The molecule has 8 heteroatoms. The second kappa shape index (κ2) is 7.99. The Hall–Kier alpha value is -2.89. The molecule has 2 rings (SSSR count). The number of nitrogens with one attached hydrogen (secondary N) is 1. The van der Waals surface area contributed by atoms with E-state index in [9.17, 15) is 13.2 Å². The molecule has 7 nitrogen and oxygen atoms in total. The van der Waals surface area contributed by atoms with E-state index >= 15 is 0 Å². The van der Waals surface area contributed by atoms with Crippen molar-refractivity contribution < 1.29 is 17.9 Å². The van der Waals surface area contributed by atoms with Gasteiger partial charge in [0, 0.05) is 19.8 Å². The standard InChI is InChI=1S/C18H19N3O4S/c1-13(25-16-8-4-6-14(10-16)12-19)18(22)20-15-7-5-9-17(11-15)26(23,24)21(2)3/h4-11,13H,1-3H3,(H,20,22). The van der Waals surface area contributed by atoms with Crippen LogP contribution in [0.5, 0.6) is 5.75 Å². The van der Waals surface area contributed by atoms with E-state index < -0.39 is 22.0 Å². The Balaban J connectivity index is 2.11. The average molecular weight is 373 g/mol. The summed E-state index contributed by atoms with van der Waals surface area (Å²) in [5, 5.41) is 11.5. The first kappa shape index (κ1) is 19.4. The summed E-state index contributed by atoms with van der Waals surface area (Å²) in [5.41, 5.74) is 0.774. The molecule has 1 unspecified atom stereocenters. The zero-order valence-electron chi connectivity index (χ0n) is 14.6. The number of ether oxygens (including phenoxy) is 1. The fourth-order valence-corrected chi connectivity index (χ4v) is 3.03. The Morgan fingerprint density at radius 1 is 1.19 bits per heavy atom. The van der Waals surface area contributed by atoms with Crippen molar-refractivity contribution >= 4 is 21.6 Å². The van der Waals surface area contributed by atoms with Crippen molar-refractivity contribution in [3.8, 4) is 11.8 Å². The summed E-state index contributed by atoms with van der Waals surface area (Å²) in [5.74, 6) is -0.0394. The maximum absolute atomic E-state index is 12.3. The molecule has 1 atom stereocenters. The minimum absolute atomic E-state index is 0.0793. The van der Waals surface area contributed by atoms with Crippen molar-refractivity contribution in [2.75, 3.05) is 19.4 Å². The highest BCUT2D eigenvalue weighted by Gasteiger charge is 2.19. The third kappa shape index (κ3) is 4.59. The van der Waals surface area contributed by atoms with Gasteiger partial charge in [0.2, 0.25) is 10.0 Å². The zero-order chi connectivity index (χ0) is 19.3. The summed E-state index contributed by atoms with van der Waals surface area (Å²) >= 11 is 0. The average Bonchev–Trinajstić information content (AvgIpc) is 2.61. The molecule has 26 heavy (non-hydrogen) atoms. The van der Waals surface area contributed by atoms with E-state index in [2.05, 4.69) is 5.32 Å². The van der Waals surface area contributed by atoms with Crippen LogP contribution in [0.25, 0.3) is 0 Å². The number of hydrogen-bond acceptors (Lipinski definition) is 5. The van der Waals surface area contributed by atoms with Crippen LogP contribution in [0.15, 0.2) is 53.4 Å². The van der Waals surface area contributed by atoms with Crippen molar-refractivity contribution in [3.05, 3.63) is 54.1 Å². The van der Waals surface area contributed by atoms with Gasteiger partial charge < -0.3 is 10.1 Å². The molecule has 2 aromatic carbocycles. The number of benzene rings is 2. The first-order valence-corrected chi connectivity index (χ1v) is 9.18. The molecule has 0 heterocycles. The van der Waals surface area contributed by atoms with Gasteiger partial charge in [-0.2, -0.15) is 5.26 Å². The van der Waals surface area contributed by atoms with Gasteiger partial charge >= 0.3 is 0 Å². The van der Waals surface area contributed by atoms with Gasteiger partial charge in [0.1, 0.15) is 5.75 Å². The molecule has 1 N–H and O–H groups in total. The fourth-order valence-electron chi connectivity index (χ4n) is 2.09. The first-order valence-electron chi connectivity index (χ1n) is 7.74. The summed E-state index contributed by atoms with van der Waals surface area (Å²) in [4.78, 5) is 12.4. The number of nitrogens with zero attached hydrogens (tertiary/aromatic N) is 2. The number of amides is 1. The predicted molar refractivity (Wildman–Crippen MR) is 97.2 cm³/mol. The highest BCUT2D eigenvalue weighted by Crippen LogP contribution is 2.19. The second-order valence-corrected chi connectivity index (χ2v) is 7.86. The topological polar surface area (TPSA) is 99.5 Å². The van der Waals surface area contributed by atoms with Crippen LogP contribution in [-0.2, 0) is 14.8 Å². The minimum Gasteiger partial charge on any atom is -0.481 e. The quantitative estimate of drug-likeness (QED) is 0.837. The lowest BCUT2D eigenvalue weighted by atomic mass is 10.2. The molecule has 1 amide bonds. The van der Waals surface area contributed by atoms with Crippen LogP contribution in [0.1, 0.15) is 12.5 Å². The van der Waals surface area contributed by atoms with Gasteiger partial charge in [-0.25, -0.2) is 12.7 Å². The Morgan fingerprint density at radius 3 is 2.54 bits per heavy atom. The minimum atomic E-state index is -3.59. The summed E-state index contributed by atoms with van der Waals surface area (Å²) < 4.78 is 31.0. The number of rotatable bonds is 6. The van der Waals surface area contributed by atoms with Crippen LogP contribution in [0, 0.1) is 11.3 Å². The van der Waals surface area contributed by atoms with Crippen molar-refractivity contribution in [1.82, 2.24) is 4.31 Å². The van der Waals surface area contributed by atoms with Gasteiger partial charge in [-0.15, -0.1) is 0 Å². The van der Waals surface area contributed by atoms with E-state index in [-0.39, 0.29) is 4.90 Å². The van der Waals surface area contributed by atoms with Crippen molar-refractivity contribution in [1.29, 1.82) is 5.26 Å². The van der Waals surface area contributed by atoms with E-state index in [1.54, 1.807) is 37.3 Å². The van der Waals surface area contributed by atoms with Crippen molar-refractivity contribution in [3.63, 3.8) is 0 Å². The number of carbonyl (C=O) groups excluding carboxylic acids is 1. The third-order valence-electron chi connectivity index (χ3n) is 3.53. The highest BCUT2D eigenvalue weighted by molar-refractivity contribution is 7.89. The van der Waals surface area contributed by atoms with E-state index in [1.807, 2.05) is 6.07 Å². The van der Waals surface area contributed by atoms with Crippen LogP contribution in [-0.4, -0.2) is 38.8 Å². The van der Waals surface area contributed by atoms with Crippen LogP contribution in [0.4, 0.5) is 5.69 Å². The Kier molecular flexibility index (Phi) is 5.97. The molecule has 0 aromatic heterocycles. The second-order valence-electron chi connectivity index (χ2n) is 5.70. The molecular formula is C18H19N3O4S. The number of hydrogen-bond donors (Lipinski definition) is 1. The molecule has 0 aliphatic carbocycles. The van der Waals surface area contributed by atoms with E-state index in [0.29, 0.717) is 17.0 Å². The van der Waals surface area contributed by atoms with Crippen LogP contribution in [0.2, 0.25) is 0 Å². The molecule has 2 aromatic rings. The normalized spacial score (nSPS) is 12.3. The van der Waals surface area contributed by atoms with E-state index in [0.717, 1.165) is 4.31 Å². The first-order chi connectivity index (χ1) is 12.2. The van der Waals surface area contributed by atoms with Crippen LogP contribution >= 0.6 is 0 Å². The van der Waals surface area contributed by atoms with Gasteiger partial charge in [-0.1, -0.05) is 12.1 Å². The number of sulfonamides is 1. The molecule has 0 spiro atoms. The lowest BCUT2D eigenvalue weighted by molar-refractivity contribution is -0.122. The Bertz CT molecular complexity index is 949. The predicted octanol–water partition coefficient (Wildman–Crippen LogP) is 2.21. The van der Waals surface area contributed by atoms with Gasteiger partial charge in [0.05, 0.1) is 16.5 Å². The number of anilines is 1. The molecule has 0 saturated carbocycles. The van der Waals surface area contributed by atoms with E-state index in [4.69, 9.17) is 10.00 Å². The van der Waals surface area contributed by atoms with Crippen molar-refractivity contribution in [2.45, 2.75) is 17.9 Å². The van der Waals surface area contributed by atoms with Gasteiger partial charge in [0.15, 0.2) is 6.10 Å². The molecular weight excluding hydrogens is 354 g/mol. The Morgan fingerprint density at radius 2 is 1.88 bits per heavy atom. The van der Waals surface area contributed by atoms with Gasteiger partial charge in [-0.3, -0.25) is 4.79 Å². The fraction of sp³-hybridized carbons (Fsp3) is 0.222. The number of carbonyl (C=O) groups is 1. The van der Waals surface area contributed by atoms with Crippen molar-refractivity contribution in [2.24, 2.45) is 0 Å². The largest absolute Gasteiger partial charge is 0.481 e. The maximum Gasteiger partial charge on any atom is 0.265 e. The molecule has 0 bridgehead atoms. The summed E-state index contributed by atoms with van der Waals surface area (Å²) in [6.45, 7) is 1.56. The summed E-state index contributed by atoms with van der Waals surface area (Å²) in [6.07, 6.45) is -0.835. The van der Waals surface area contributed by atoms with Crippen LogP contribution < -0.4 is 10.1 Å². The maximum atomic E-state index is 12.3. The molecule has 0 aliphatic heterocycles. The molecule has 0 saturated heterocycles. The zero-order valence-corrected chi connectivity index (χ0v) is 15.4. The molecule has 0 radical (unpaired) electrons. The summed E-state index contributed by atoms with van der Waals surface area (Å²) in [7, 11) is -0.719.